The lowest BCUT2D eigenvalue weighted by molar-refractivity contribution is -0.132. The highest BCUT2D eigenvalue weighted by Crippen LogP contribution is 2.35. The predicted octanol–water partition coefficient (Wildman–Crippen LogP) is 4.94. The second-order valence-corrected chi connectivity index (χ2v) is 8.95. The van der Waals surface area contributed by atoms with Gasteiger partial charge < -0.3 is 29.7 Å². The van der Waals surface area contributed by atoms with Gasteiger partial charge in [0.25, 0.3) is 5.91 Å². The van der Waals surface area contributed by atoms with Crippen LogP contribution in [0.3, 0.4) is 0 Å². The molecule has 0 radical (unpaired) electrons. The fraction of sp³-hybridized carbons (Fsp3) is 0.250. The molecule has 3 heterocycles. The number of nitrogens with one attached hydrogen (secondary N) is 2. The largest absolute Gasteiger partial charge is 0.493 e. The molecule has 0 unspecified atom stereocenters. The zero-order valence-corrected chi connectivity index (χ0v) is 24.3. The molecule has 2 aromatic heterocycles. The lowest BCUT2D eigenvalue weighted by Crippen LogP contribution is -2.36. The highest BCUT2D eigenvalue weighted by Gasteiger charge is 2.16. The normalized spacial score (nSPS) is 12.5. The summed E-state index contributed by atoms with van der Waals surface area (Å²) >= 11 is 0. The standard InChI is InChI=1S/C28H28N6O5.2ClH/c1-17-4-5-20(32-28(36)19-6-7-29-26(12-19)34-8-10-38-11-9-34)13-22(17)33-27-21-14-25(39-18(2)35)24(37-3)15-23(21)30-16-31-27;;/h4-7,12-16H,8-11H2,1-3H3,(H,32,36)(H,30,31,33);2*1H. The number of aromatic nitrogens is 3. The van der Waals surface area contributed by atoms with E-state index in [9.17, 15) is 9.59 Å². The number of halogens is 2. The number of anilines is 4. The van der Waals surface area contributed by atoms with Crippen molar-refractivity contribution in [1.29, 1.82) is 0 Å². The number of morpholine rings is 1. The van der Waals surface area contributed by atoms with Crippen LogP contribution in [0, 0.1) is 6.92 Å². The Labute approximate surface area is 249 Å². The Morgan fingerprint density at radius 2 is 1.76 bits per heavy atom. The fourth-order valence-corrected chi connectivity index (χ4v) is 4.25. The van der Waals surface area contributed by atoms with Crippen molar-refractivity contribution in [2.45, 2.75) is 13.8 Å². The lowest BCUT2D eigenvalue weighted by atomic mass is 10.1. The van der Waals surface area contributed by atoms with Gasteiger partial charge in [-0.25, -0.2) is 15.0 Å². The number of carbonyl (C=O) groups excluding carboxylic acids is 2. The summed E-state index contributed by atoms with van der Waals surface area (Å²) in [7, 11) is 1.49. The Balaban J connectivity index is 0.00000231. The third-order valence-electron chi connectivity index (χ3n) is 6.27. The van der Waals surface area contributed by atoms with Crippen LogP contribution in [0.1, 0.15) is 22.8 Å². The molecule has 1 aliphatic rings. The van der Waals surface area contributed by atoms with Crippen molar-refractivity contribution in [1.82, 2.24) is 15.0 Å². The predicted molar refractivity (Wildman–Crippen MR) is 162 cm³/mol. The van der Waals surface area contributed by atoms with E-state index >= 15 is 0 Å². The van der Waals surface area contributed by atoms with Crippen molar-refractivity contribution in [3.8, 4) is 11.5 Å². The molecular formula is C28H30Cl2N6O5. The SMILES string of the molecule is COc1cc2ncnc(Nc3cc(NC(=O)c4ccnc(N5CCOCC5)c4)ccc3C)c2cc1OC(C)=O.Cl.Cl. The van der Waals surface area contributed by atoms with Crippen LogP contribution in [-0.2, 0) is 9.53 Å². The third kappa shape index (κ3) is 7.31. The van der Waals surface area contributed by atoms with E-state index in [4.69, 9.17) is 14.2 Å². The van der Waals surface area contributed by atoms with Gasteiger partial charge >= 0.3 is 5.97 Å². The van der Waals surface area contributed by atoms with E-state index in [-0.39, 0.29) is 36.5 Å². The van der Waals surface area contributed by atoms with Gasteiger partial charge in [0.15, 0.2) is 11.5 Å². The van der Waals surface area contributed by atoms with Gasteiger partial charge in [0, 0.05) is 54.6 Å². The molecule has 0 spiro atoms. The van der Waals surface area contributed by atoms with E-state index < -0.39 is 5.97 Å². The molecule has 1 aliphatic heterocycles. The van der Waals surface area contributed by atoms with Crippen molar-refractivity contribution >= 4 is 70.6 Å². The molecular weight excluding hydrogens is 571 g/mol. The molecule has 1 amide bonds. The number of methoxy groups -OCH3 is 1. The highest BCUT2D eigenvalue weighted by atomic mass is 35.5. The van der Waals surface area contributed by atoms with Gasteiger partial charge in [-0.2, -0.15) is 0 Å². The summed E-state index contributed by atoms with van der Waals surface area (Å²) in [6, 6.07) is 12.4. The van der Waals surface area contributed by atoms with E-state index in [0.717, 1.165) is 30.2 Å². The maximum atomic E-state index is 13.1. The summed E-state index contributed by atoms with van der Waals surface area (Å²) in [6.45, 7) is 6.01. The van der Waals surface area contributed by atoms with E-state index in [1.165, 1.54) is 20.4 Å². The number of pyridine rings is 1. The molecule has 0 atom stereocenters. The quantitative estimate of drug-likeness (QED) is 0.222. The third-order valence-corrected chi connectivity index (χ3v) is 6.27. The summed E-state index contributed by atoms with van der Waals surface area (Å²) in [6.07, 6.45) is 3.08. The summed E-state index contributed by atoms with van der Waals surface area (Å²) in [5, 5.41) is 6.93. The van der Waals surface area contributed by atoms with E-state index in [2.05, 4.69) is 30.5 Å². The molecule has 5 rings (SSSR count). The summed E-state index contributed by atoms with van der Waals surface area (Å²) < 4.78 is 16.1. The maximum Gasteiger partial charge on any atom is 0.308 e. The van der Waals surface area contributed by atoms with Crippen LogP contribution in [0.15, 0.2) is 55.0 Å². The number of amides is 1. The van der Waals surface area contributed by atoms with E-state index in [1.54, 1.807) is 30.5 Å². The van der Waals surface area contributed by atoms with Gasteiger partial charge in [-0.15, -0.1) is 24.8 Å². The Morgan fingerprint density at radius 3 is 2.49 bits per heavy atom. The molecule has 41 heavy (non-hydrogen) atoms. The molecule has 13 heteroatoms. The molecule has 1 saturated heterocycles. The van der Waals surface area contributed by atoms with Crippen molar-refractivity contribution in [2.24, 2.45) is 0 Å². The van der Waals surface area contributed by atoms with Gasteiger partial charge in [0.05, 0.1) is 25.8 Å². The first-order valence-electron chi connectivity index (χ1n) is 12.4. The molecule has 216 valence electrons. The van der Waals surface area contributed by atoms with Crippen molar-refractivity contribution < 1.29 is 23.8 Å². The minimum Gasteiger partial charge on any atom is -0.493 e. The van der Waals surface area contributed by atoms with Crippen LogP contribution in [0.25, 0.3) is 10.9 Å². The van der Waals surface area contributed by atoms with Crippen molar-refractivity contribution in [3.05, 3.63) is 66.1 Å². The molecule has 0 bridgehead atoms. The van der Waals surface area contributed by atoms with Crippen molar-refractivity contribution in [3.63, 3.8) is 0 Å². The summed E-state index contributed by atoms with van der Waals surface area (Å²) in [4.78, 5) is 39.9. The van der Waals surface area contributed by atoms with Crippen LogP contribution in [0.5, 0.6) is 11.5 Å². The molecule has 1 fully saturated rings. The first kappa shape index (κ1) is 31.3. The van der Waals surface area contributed by atoms with Crippen LogP contribution in [0.2, 0.25) is 0 Å². The Bertz CT molecular complexity index is 1550. The zero-order chi connectivity index (χ0) is 27.4. The number of hydrogen-bond donors (Lipinski definition) is 2. The first-order valence-corrected chi connectivity index (χ1v) is 12.4. The average Bonchev–Trinajstić information content (AvgIpc) is 2.95. The number of esters is 1. The molecule has 11 nitrogen and oxygen atoms in total. The number of aryl methyl sites for hydroxylation is 1. The number of carbonyl (C=O) groups is 2. The highest BCUT2D eigenvalue weighted by molar-refractivity contribution is 6.05. The average molecular weight is 601 g/mol. The van der Waals surface area contributed by atoms with Crippen LogP contribution in [-0.4, -0.2) is 60.2 Å². The van der Waals surface area contributed by atoms with Gasteiger partial charge in [0.1, 0.15) is 18.0 Å². The summed E-state index contributed by atoms with van der Waals surface area (Å²) in [5.41, 5.74) is 3.40. The molecule has 4 aromatic rings. The minimum absolute atomic E-state index is 0. The van der Waals surface area contributed by atoms with Gasteiger partial charge in [0.2, 0.25) is 0 Å². The maximum absolute atomic E-state index is 13.1. The smallest absolute Gasteiger partial charge is 0.308 e. The minimum atomic E-state index is -0.468. The van der Waals surface area contributed by atoms with Crippen LogP contribution < -0.4 is 25.0 Å². The number of hydrogen-bond acceptors (Lipinski definition) is 10. The number of fused-ring (bicyclic) bond motifs is 1. The number of nitrogens with zero attached hydrogens (tertiary/aromatic N) is 4. The lowest BCUT2D eigenvalue weighted by Gasteiger charge is -2.27. The van der Waals surface area contributed by atoms with Gasteiger partial charge in [-0.1, -0.05) is 6.07 Å². The van der Waals surface area contributed by atoms with Crippen molar-refractivity contribution in [2.75, 3.05) is 48.9 Å². The van der Waals surface area contributed by atoms with Gasteiger partial charge in [-0.3, -0.25) is 9.59 Å². The van der Waals surface area contributed by atoms with E-state index in [0.29, 0.717) is 46.9 Å². The monoisotopic (exact) mass is 600 g/mol. The van der Waals surface area contributed by atoms with E-state index in [1.807, 2.05) is 25.1 Å². The number of benzene rings is 2. The first-order chi connectivity index (χ1) is 18.9. The number of rotatable bonds is 7. The topological polar surface area (TPSA) is 128 Å². The molecule has 0 saturated carbocycles. The Kier molecular flexibility index (Phi) is 10.6. The van der Waals surface area contributed by atoms with Crippen LogP contribution >= 0.6 is 24.8 Å². The number of ether oxygens (including phenoxy) is 3. The van der Waals surface area contributed by atoms with Gasteiger partial charge in [-0.05, 0) is 42.8 Å². The zero-order valence-electron chi connectivity index (χ0n) is 22.7. The molecule has 2 N–H and O–H groups in total. The Morgan fingerprint density at radius 1 is 0.976 bits per heavy atom. The summed E-state index contributed by atoms with van der Waals surface area (Å²) in [5.74, 6) is 1.19. The molecule has 0 aliphatic carbocycles. The Hall–Kier alpha value is -4.19. The second kappa shape index (κ2) is 13.9. The fourth-order valence-electron chi connectivity index (χ4n) is 4.25. The van der Waals surface area contributed by atoms with Crippen LogP contribution in [0.4, 0.5) is 23.0 Å². The molecule has 2 aromatic carbocycles. The second-order valence-electron chi connectivity index (χ2n) is 8.95.